The van der Waals surface area contributed by atoms with Gasteiger partial charge in [0.25, 0.3) is 5.69 Å². The van der Waals surface area contributed by atoms with Crippen molar-refractivity contribution >= 4 is 37.9 Å². The molecule has 4 rings (SSSR count). The molecule has 154 valence electrons. The van der Waals surface area contributed by atoms with Crippen LogP contribution in [0.25, 0.3) is 0 Å². The number of nitro groups is 1. The second kappa shape index (κ2) is 7.72. The average molecular weight is 447 g/mol. The van der Waals surface area contributed by atoms with Crippen LogP contribution >= 0.6 is 11.3 Å². The van der Waals surface area contributed by atoms with Crippen LogP contribution in [0.5, 0.6) is 11.5 Å². The van der Waals surface area contributed by atoms with Crippen molar-refractivity contribution in [3.63, 3.8) is 0 Å². The summed E-state index contributed by atoms with van der Waals surface area (Å²) in [5, 5.41) is 13.4. The number of benzene rings is 2. The highest BCUT2D eigenvalue weighted by Gasteiger charge is 2.22. The van der Waals surface area contributed by atoms with Crippen molar-refractivity contribution < 1.29 is 27.6 Å². The summed E-state index contributed by atoms with van der Waals surface area (Å²) in [5.41, 5.74) is 0.488. The third kappa shape index (κ3) is 3.95. The van der Waals surface area contributed by atoms with E-state index in [1.807, 2.05) is 0 Å². The minimum Gasteiger partial charge on any atom is -0.454 e. The van der Waals surface area contributed by atoms with Gasteiger partial charge in [-0.05, 0) is 29.8 Å². The van der Waals surface area contributed by atoms with Crippen LogP contribution in [0.2, 0.25) is 0 Å². The molecule has 0 unspecified atom stereocenters. The second-order valence-electron chi connectivity index (χ2n) is 6.15. The Bertz CT molecular complexity index is 1240. The van der Waals surface area contributed by atoms with Crippen molar-refractivity contribution in [3.8, 4) is 11.5 Å². The highest BCUT2D eigenvalue weighted by atomic mass is 32.2. The van der Waals surface area contributed by atoms with Gasteiger partial charge in [0.05, 0.1) is 22.4 Å². The minimum absolute atomic E-state index is 0.0423. The van der Waals surface area contributed by atoms with Gasteiger partial charge < -0.3 is 14.8 Å². The van der Waals surface area contributed by atoms with Crippen LogP contribution in [-0.4, -0.2) is 31.0 Å². The number of fused-ring (bicyclic) bond motifs is 1. The molecule has 0 atom stereocenters. The molecule has 0 radical (unpaired) electrons. The highest BCUT2D eigenvalue weighted by molar-refractivity contribution is 7.93. The van der Waals surface area contributed by atoms with Crippen LogP contribution < -0.4 is 14.8 Å². The molecule has 0 bridgehead atoms. The number of ether oxygens (including phenoxy) is 2. The maximum Gasteiger partial charge on any atom is 0.269 e. The van der Waals surface area contributed by atoms with Gasteiger partial charge in [0, 0.05) is 12.1 Å². The first-order chi connectivity index (χ1) is 14.3. The monoisotopic (exact) mass is 447 g/mol. The molecule has 1 aliphatic rings. The van der Waals surface area contributed by atoms with Crippen molar-refractivity contribution in [1.29, 1.82) is 0 Å². The number of nitrogens with zero attached hydrogens (tertiary/aromatic N) is 2. The van der Waals surface area contributed by atoms with Gasteiger partial charge in [-0.1, -0.05) is 17.4 Å². The fourth-order valence-electron chi connectivity index (χ4n) is 2.70. The lowest BCUT2D eigenvalue weighted by atomic mass is 10.1. The first-order valence-corrected chi connectivity index (χ1v) is 10.8. The summed E-state index contributed by atoms with van der Waals surface area (Å²) in [6, 6.07) is 9.69. The summed E-state index contributed by atoms with van der Waals surface area (Å²) in [6.45, 7) is 0.135. The number of sulfone groups is 1. The summed E-state index contributed by atoms with van der Waals surface area (Å²) in [7, 11) is -3.91. The lowest BCUT2D eigenvalue weighted by molar-refractivity contribution is -0.384. The number of aromatic nitrogens is 1. The molecule has 1 aromatic heterocycles. The smallest absolute Gasteiger partial charge is 0.269 e. The van der Waals surface area contributed by atoms with Crippen molar-refractivity contribution in [2.24, 2.45) is 0 Å². The highest BCUT2D eigenvalue weighted by Crippen LogP contribution is 2.33. The Labute approximate surface area is 174 Å². The first kappa shape index (κ1) is 19.8. The molecule has 10 nitrogen and oxygen atoms in total. The van der Waals surface area contributed by atoms with E-state index >= 15 is 0 Å². The van der Waals surface area contributed by atoms with E-state index in [-0.39, 0.29) is 39.0 Å². The minimum atomic E-state index is -3.91. The summed E-state index contributed by atoms with van der Waals surface area (Å²) in [6.07, 6.45) is 1.18. The number of hydrogen-bond acceptors (Lipinski definition) is 9. The van der Waals surface area contributed by atoms with E-state index in [0.717, 1.165) is 41.8 Å². The van der Waals surface area contributed by atoms with E-state index in [2.05, 4.69) is 10.3 Å². The van der Waals surface area contributed by atoms with E-state index in [9.17, 15) is 23.3 Å². The average Bonchev–Trinajstić information content (AvgIpc) is 3.37. The fraction of sp³-hybridized carbons (Fsp3) is 0.111. The molecule has 12 heteroatoms. The SMILES string of the molecule is O=C(Cc1ccc2c(c1)OCO2)Nc1ncc(S(=O)(=O)c2ccc([N+](=O)[O-])cc2)s1. The van der Waals surface area contributed by atoms with Crippen LogP contribution in [0, 0.1) is 10.1 Å². The Morgan fingerprint density at radius 2 is 1.90 bits per heavy atom. The third-order valence-electron chi connectivity index (χ3n) is 4.16. The quantitative estimate of drug-likeness (QED) is 0.450. The Morgan fingerprint density at radius 1 is 1.17 bits per heavy atom. The van der Waals surface area contributed by atoms with E-state index in [1.54, 1.807) is 18.2 Å². The molecule has 2 heterocycles. The van der Waals surface area contributed by atoms with E-state index in [4.69, 9.17) is 9.47 Å². The predicted molar refractivity (Wildman–Crippen MR) is 106 cm³/mol. The number of carbonyl (C=O) groups is 1. The van der Waals surface area contributed by atoms with Crippen molar-refractivity contribution in [1.82, 2.24) is 4.98 Å². The van der Waals surface area contributed by atoms with Crippen molar-refractivity contribution in [2.45, 2.75) is 15.5 Å². The first-order valence-electron chi connectivity index (χ1n) is 8.47. The van der Waals surface area contributed by atoms with Crippen LogP contribution in [-0.2, 0) is 21.1 Å². The van der Waals surface area contributed by atoms with Crippen LogP contribution in [0.15, 0.2) is 57.8 Å². The molecule has 0 aliphatic carbocycles. The maximum absolute atomic E-state index is 12.7. The topological polar surface area (TPSA) is 138 Å². The molecule has 1 aliphatic heterocycles. The number of non-ortho nitro benzene ring substituents is 1. The Kier molecular flexibility index (Phi) is 5.10. The Morgan fingerprint density at radius 3 is 2.63 bits per heavy atom. The molecule has 2 aromatic carbocycles. The van der Waals surface area contributed by atoms with Crippen LogP contribution in [0.4, 0.5) is 10.8 Å². The fourth-order valence-corrected chi connectivity index (χ4v) is 5.15. The van der Waals surface area contributed by atoms with Gasteiger partial charge in [0.15, 0.2) is 16.6 Å². The molecule has 0 spiro atoms. The zero-order valence-electron chi connectivity index (χ0n) is 15.1. The number of rotatable bonds is 6. The van der Waals surface area contributed by atoms with Gasteiger partial charge in [-0.3, -0.25) is 14.9 Å². The number of carbonyl (C=O) groups excluding carboxylic acids is 1. The van der Waals surface area contributed by atoms with E-state index in [0.29, 0.717) is 17.1 Å². The molecule has 3 aromatic rings. The molecule has 1 amide bonds. The van der Waals surface area contributed by atoms with E-state index in [1.165, 1.54) is 0 Å². The van der Waals surface area contributed by atoms with Gasteiger partial charge >= 0.3 is 0 Å². The number of nitro benzene ring substituents is 1. The predicted octanol–water partition coefficient (Wildman–Crippen LogP) is 2.79. The van der Waals surface area contributed by atoms with Crippen LogP contribution in [0.1, 0.15) is 5.56 Å². The summed E-state index contributed by atoms with van der Waals surface area (Å²) in [4.78, 5) is 26.2. The van der Waals surface area contributed by atoms with Crippen molar-refractivity contribution in [2.75, 3.05) is 12.1 Å². The number of thiazole rings is 1. The van der Waals surface area contributed by atoms with Gasteiger partial charge in [0.2, 0.25) is 22.5 Å². The second-order valence-corrected chi connectivity index (χ2v) is 9.36. The van der Waals surface area contributed by atoms with Gasteiger partial charge in [-0.2, -0.15) is 0 Å². The number of hydrogen-bond donors (Lipinski definition) is 1. The Hall–Kier alpha value is -3.51. The molecule has 1 N–H and O–H groups in total. The Balaban J connectivity index is 1.45. The van der Waals surface area contributed by atoms with Gasteiger partial charge in [0.1, 0.15) is 4.21 Å². The maximum atomic E-state index is 12.7. The zero-order chi connectivity index (χ0) is 21.3. The number of nitrogens with one attached hydrogen (secondary N) is 1. The molecular formula is C18H13N3O7S2. The normalized spacial score (nSPS) is 12.5. The zero-order valence-corrected chi connectivity index (χ0v) is 16.7. The molecular weight excluding hydrogens is 434 g/mol. The standard InChI is InChI=1S/C18H13N3O7S2/c22-16(8-11-1-6-14-15(7-11)28-10-27-14)20-18-19-9-17(29-18)30(25,26)13-4-2-12(3-5-13)21(23)24/h1-7,9H,8,10H2,(H,19,20,22). The van der Waals surface area contributed by atoms with E-state index < -0.39 is 14.8 Å². The number of amides is 1. The lowest BCUT2D eigenvalue weighted by Crippen LogP contribution is -2.14. The lowest BCUT2D eigenvalue weighted by Gasteiger charge is -2.03. The third-order valence-corrected chi connectivity index (χ3v) is 7.30. The molecule has 0 saturated heterocycles. The summed E-state index contributed by atoms with van der Waals surface area (Å²) in [5.74, 6) is 0.800. The van der Waals surface area contributed by atoms with Gasteiger partial charge in [-0.15, -0.1) is 0 Å². The number of anilines is 1. The summed E-state index contributed by atoms with van der Waals surface area (Å²) >= 11 is 0.795. The summed E-state index contributed by atoms with van der Waals surface area (Å²) < 4.78 is 35.8. The van der Waals surface area contributed by atoms with Crippen LogP contribution in [0.3, 0.4) is 0 Å². The molecule has 30 heavy (non-hydrogen) atoms. The van der Waals surface area contributed by atoms with Gasteiger partial charge in [-0.25, -0.2) is 13.4 Å². The molecule has 0 saturated carbocycles. The van der Waals surface area contributed by atoms with Crippen molar-refractivity contribution in [3.05, 3.63) is 64.3 Å². The largest absolute Gasteiger partial charge is 0.454 e. The molecule has 0 fully saturated rings.